The molecule has 0 spiro atoms. The number of rotatable bonds is 6. The van der Waals surface area contributed by atoms with Gasteiger partial charge in [0.05, 0.1) is 16.3 Å². The lowest BCUT2D eigenvalue weighted by Gasteiger charge is -2.10. The van der Waals surface area contributed by atoms with E-state index in [1.165, 1.54) is 6.07 Å². The summed E-state index contributed by atoms with van der Waals surface area (Å²) in [5.41, 5.74) is 3.99. The van der Waals surface area contributed by atoms with Crippen LogP contribution in [0.25, 0.3) is 11.0 Å². The van der Waals surface area contributed by atoms with Gasteiger partial charge in [-0.15, -0.1) is 11.3 Å². The van der Waals surface area contributed by atoms with E-state index < -0.39 is 11.6 Å². The Morgan fingerprint density at radius 2 is 1.77 bits per heavy atom. The Morgan fingerprint density at radius 1 is 1.03 bits per heavy atom. The van der Waals surface area contributed by atoms with Crippen LogP contribution in [0.4, 0.5) is 0 Å². The van der Waals surface area contributed by atoms with Crippen molar-refractivity contribution in [3.05, 3.63) is 91.2 Å². The van der Waals surface area contributed by atoms with Gasteiger partial charge in [-0.2, -0.15) is 0 Å². The summed E-state index contributed by atoms with van der Waals surface area (Å²) >= 11 is 1.57. The highest BCUT2D eigenvalue weighted by Crippen LogP contribution is 2.23. The second-order valence-electron chi connectivity index (χ2n) is 7.27. The van der Waals surface area contributed by atoms with Crippen molar-refractivity contribution >= 4 is 28.3 Å². The Balaban J connectivity index is 1.43. The fourth-order valence-electron chi connectivity index (χ4n) is 3.15. The molecule has 4 aromatic rings. The summed E-state index contributed by atoms with van der Waals surface area (Å²) in [5, 5.41) is 3.71. The van der Waals surface area contributed by atoms with Crippen molar-refractivity contribution in [1.82, 2.24) is 4.98 Å². The molecule has 0 radical (unpaired) electrons. The summed E-state index contributed by atoms with van der Waals surface area (Å²) in [4.78, 5) is 28.7. The molecule has 0 bridgehead atoms. The number of aryl methyl sites for hydroxylation is 3. The van der Waals surface area contributed by atoms with E-state index in [-0.39, 0.29) is 6.61 Å². The molecule has 2 aromatic heterocycles. The minimum Gasteiger partial charge on any atom is -0.487 e. The predicted molar refractivity (Wildman–Crippen MR) is 119 cm³/mol. The molecule has 2 aromatic carbocycles. The van der Waals surface area contributed by atoms with Crippen molar-refractivity contribution in [2.75, 3.05) is 0 Å². The van der Waals surface area contributed by atoms with Crippen molar-refractivity contribution in [1.29, 1.82) is 0 Å². The number of hydrogen-bond donors (Lipinski definition) is 0. The predicted octanol–water partition coefficient (Wildman–Crippen LogP) is 5.11. The molecule has 0 N–H and O–H groups in total. The van der Waals surface area contributed by atoms with Crippen molar-refractivity contribution in [2.24, 2.45) is 0 Å². The minimum atomic E-state index is -0.480. The molecule has 0 fully saturated rings. The number of hydrogen-bond acceptors (Lipinski definition) is 7. The quantitative estimate of drug-likeness (QED) is 0.309. The number of benzene rings is 2. The van der Waals surface area contributed by atoms with E-state index in [0.29, 0.717) is 29.1 Å². The lowest BCUT2D eigenvalue weighted by molar-refractivity contribution is 0.0474. The molecule has 7 heteroatoms. The Kier molecular flexibility index (Phi) is 5.86. The number of carbonyl (C=O) groups excluding carboxylic acids is 1. The molecule has 0 saturated heterocycles. The normalized spacial score (nSPS) is 10.9. The standard InChI is InChI=1S/C24H21NO5S/c1-14-8-21-18(10-23(26)30-22(21)9-15(14)2)11-29-24(27)17-4-6-20(7-5-17)28-12-19-13-31-16(3)25-19/h4-10,13H,11-12H2,1-3H3. The zero-order chi connectivity index (χ0) is 22.0. The SMILES string of the molecule is Cc1nc(COc2ccc(C(=O)OCc3cc(=O)oc4cc(C)c(C)cc34)cc2)cs1. The zero-order valence-corrected chi connectivity index (χ0v) is 18.2. The molecule has 4 rings (SSSR count). The van der Waals surface area contributed by atoms with Gasteiger partial charge in [-0.25, -0.2) is 14.6 Å². The highest BCUT2D eigenvalue weighted by molar-refractivity contribution is 7.09. The lowest BCUT2D eigenvalue weighted by Crippen LogP contribution is -2.08. The Hall–Kier alpha value is -3.45. The van der Waals surface area contributed by atoms with Crippen LogP contribution < -0.4 is 10.4 Å². The van der Waals surface area contributed by atoms with E-state index in [2.05, 4.69) is 4.98 Å². The summed E-state index contributed by atoms with van der Waals surface area (Å²) in [6.45, 7) is 6.23. The van der Waals surface area contributed by atoms with Crippen LogP contribution in [0.1, 0.15) is 37.7 Å². The maximum absolute atomic E-state index is 12.5. The maximum atomic E-state index is 12.5. The highest BCUT2D eigenvalue weighted by Gasteiger charge is 2.12. The summed E-state index contributed by atoms with van der Waals surface area (Å²) in [5.74, 6) is 0.159. The molecule has 158 valence electrons. The van der Waals surface area contributed by atoms with Crippen molar-refractivity contribution < 1.29 is 18.7 Å². The maximum Gasteiger partial charge on any atom is 0.338 e. The average Bonchev–Trinajstić information content (AvgIpc) is 3.17. The number of fused-ring (bicyclic) bond motifs is 1. The third-order valence-electron chi connectivity index (χ3n) is 4.95. The third kappa shape index (κ3) is 4.83. The number of ether oxygens (including phenoxy) is 2. The van der Waals surface area contributed by atoms with Gasteiger partial charge in [-0.05, 0) is 68.3 Å². The molecular weight excluding hydrogens is 414 g/mol. The number of esters is 1. The lowest BCUT2D eigenvalue weighted by atomic mass is 10.0. The van der Waals surface area contributed by atoms with Crippen molar-refractivity contribution in [2.45, 2.75) is 34.0 Å². The first-order valence-electron chi connectivity index (χ1n) is 9.74. The van der Waals surface area contributed by atoms with Gasteiger partial charge < -0.3 is 13.9 Å². The molecule has 0 amide bonds. The van der Waals surface area contributed by atoms with Crippen molar-refractivity contribution in [3.8, 4) is 5.75 Å². The molecule has 0 aliphatic heterocycles. The van der Waals surface area contributed by atoms with Gasteiger partial charge in [0.25, 0.3) is 0 Å². The van der Waals surface area contributed by atoms with E-state index in [1.807, 2.05) is 38.3 Å². The third-order valence-corrected chi connectivity index (χ3v) is 5.77. The molecule has 0 atom stereocenters. The van der Waals surface area contributed by atoms with Crippen LogP contribution in [0.5, 0.6) is 5.75 Å². The first-order valence-corrected chi connectivity index (χ1v) is 10.6. The molecule has 0 aliphatic carbocycles. The largest absolute Gasteiger partial charge is 0.487 e. The molecular formula is C24H21NO5S. The monoisotopic (exact) mass is 435 g/mol. The van der Waals surface area contributed by atoms with Gasteiger partial charge in [0.2, 0.25) is 0 Å². The molecule has 2 heterocycles. The van der Waals surface area contributed by atoms with Crippen LogP contribution in [0, 0.1) is 20.8 Å². The summed E-state index contributed by atoms with van der Waals surface area (Å²) < 4.78 is 16.4. The van der Waals surface area contributed by atoms with Gasteiger partial charge >= 0.3 is 11.6 Å². The van der Waals surface area contributed by atoms with E-state index >= 15 is 0 Å². The van der Waals surface area contributed by atoms with E-state index in [0.717, 1.165) is 27.2 Å². The molecule has 0 saturated carbocycles. The minimum absolute atomic E-state index is 0.0230. The van der Waals surface area contributed by atoms with Gasteiger partial charge in [0.15, 0.2) is 0 Å². The van der Waals surface area contributed by atoms with Crippen LogP contribution in [0.2, 0.25) is 0 Å². The van der Waals surface area contributed by atoms with Crippen molar-refractivity contribution in [3.63, 3.8) is 0 Å². The van der Waals surface area contributed by atoms with Crippen LogP contribution >= 0.6 is 11.3 Å². The Morgan fingerprint density at radius 3 is 2.48 bits per heavy atom. The zero-order valence-electron chi connectivity index (χ0n) is 17.4. The smallest absolute Gasteiger partial charge is 0.338 e. The molecule has 31 heavy (non-hydrogen) atoms. The number of nitrogens with zero attached hydrogens (tertiary/aromatic N) is 1. The summed E-state index contributed by atoms with van der Waals surface area (Å²) in [6, 6.07) is 11.9. The number of carbonyl (C=O) groups is 1. The average molecular weight is 436 g/mol. The Bertz CT molecular complexity index is 1300. The molecule has 0 aliphatic rings. The van der Waals surface area contributed by atoms with E-state index in [1.54, 1.807) is 35.6 Å². The first-order chi connectivity index (χ1) is 14.9. The van der Waals surface area contributed by atoms with Crippen LogP contribution in [0.15, 0.2) is 57.1 Å². The van der Waals surface area contributed by atoms with Gasteiger partial charge in [0.1, 0.15) is 24.5 Å². The van der Waals surface area contributed by atoms with Crippen LogP contribution in [-0.2, 0) is 18.0 Å². The van der Waals surface area contributed by atoms with E-state index in [9.17, 15) is 9.59 Å². The second kappa shape index (κ2) is 8.73. The number of thiazole rings is 1. The van der Waals surface area contributed by atoms with Crippen LogP contribution in [0.3, 0.4) is 0 Å². The Labute approximate surface area is 183 Å². The second-order valence-corrected chi connectivity index (χ2v) is 8.33. The van der Waals surface area contributed by atoms with Gasteiger partial charge in [-0.3, -0.25) is 0 Å². The highest BCUT2D eigenvalue weighted by atomic mass is 32.1. The molecule has 6 nitrogen and oxygen atoms in total. The van der Waals surface area contributed by atoms with Crippen LogP contribution in [-0.4, -0.2) is 11.0 Å². The summed E-state index contributed by atoms with van der Waals surface area (Å²) in [7, 11) is 0. The van der Waals surface area contributed by atoms with E-state index in [4.69, 9.17) is 13.9 Å². The fourth-order valence-corrected chi connectivity index (χ4v) is 3.75. The molecule has 0 unspecified atom stereocenters. The first kappa shape index (κ1) is 20.8. The fraction of sp³-hybridized carbons (Fsp3) is 0.208. The van der Waals surface area contributed by atoms with Gasteiger partial charge in [-0.1, -0.05) is 0 Å². The topological polar surface area (TPSA) is 78.6 Å². The van der Waals surface area contributed by atoms with Gasteiger partial charge in [0, 0.05) is 22.4 Å². The number of aromatic nitrogens is 1. The summed E-state index contributed by atoms with van der Waals surface area (Å²) in [6.07, 6.45) is 0.